The smallest absolute Gasteiger partial charge is 0.343 e. The summed E-state index contributed by atoms with van der Waals surface area (Å²) in [5, 5.41) is 13.9. The van der Waals surface area contributed by atoms with Gasteiger partial charge in [0, 0.05) is 5.56 Å². The number of hydrogen-bond acceptors (Lipinski definition) is 6. The fourth-order valence-corrected chi connectivity index (χ4v) is 2.64. The van der Waals surface area contributed by atoms with Crippen LogP contribution in [0.3, 0.4) is 0 Å². The Hall–Kier alpha value is -3.77. The molecule has 0 aliphatic carbocycles. The molecule has 0 amide bonds. The predicted octanol–water partition coefficient (Wildman–Crippen LogP) is 2.87. The van der Waals surface area contributed by atoms with Crippen LogP contribution in [-0.4, -0.2) is 22.6 Å². The number of esters is 1. The number of hydrogen-bond donors (Lipinski definition) is 2. The molecule has 3 aromatic rings. The zero-order chi connectivity index (χ0) is 19.9. The third-order valence-corrected chi connectivity index (χ3v) is 4.05. The van der Waals surface area contributed by atoms with Gasteiger partial charge in [0.1, 0.15) is 17.6 Å². The maximum absolute atomic E-state index is 12.7. The summed E-state index contributed by atoms with van der Waals surface area (Å²) in [6, 6.07) is 23.3. The molecule has 0 spiro atoms. The lowest BCUT2D eigenvalue weighted by Gasteiger charge is -2.12. The Morgan fingerprint density at radius 1 is 0.857 bits per heavy atom. The van der Waals surface area contributed by atoms with Gasteiger partial charge in [-0.1, -0.05) is 60.7 Å². The summed E-state index contributed by atoms with van der Waals surface area (Å²) in [5.41, 5.74) is 1.05. The second-order valence-electron chi connectivity index (χ2n) is 5.94. The Bertz CT molecular complexity index is 1000. The van der Waals surface area contributed by atoms with Crippen molar-refractivity contribution in [2.75, 3.05) is 0 Å². The number of nitrogens with two attached hydrogens (primary N) is 1. The van der Waals surface area contributed by atoms with E-state index in [0.717, 1.165) is 0 Å². The lowest BCUT2D eigenvalue weighted by Crippen LogP contribution is -2.24. The highest BCUT2D eigenvalue weighted by Gasteiger charge is 2.24. The summed E-state index contributed by atoms with van der Waals surface area (Å²) in [7, 11) is 0. The van der Waals surface area contributed by atoms with Crippen molar-refractivity contribution in [1.82, 2.24) is 0 Å². The third kappa shape index (κ3) is 4.31. The first-order valence-corrected chi connectivity index (χ1v) is 8.53. The molecule has 0 fully saturated rings. The number of Topliss-reactive ketones (excluding diaryl/α,β-unsaturated/α-hetero) is 1. The van der Waals surface area contributed by atoms with Crippen molar-refractivity contribution in [2.45, 2.75) is 6.10 Å². The molecule has 0 saturated heterocycles. The molecule has 6 heteroatoms. The van der Waals surface area contributed by atoms with E-state index in [9.17, 15) is 14.7 Å². The van der Waals surface area contributed by atoms with Crippen LogP contribution in [0.25, 0.3) is 0 Å². The maximum Gasteiger partial charge on any atom is 0.343 e. The number of carbonyl (C=O) groups is 2. The van der Waals surface area contributed by atoms with Crippen molar-refractivity contribution in [3.63, 3.8) is 0 Å². The highest BCUT2D eigenvalue weighted by Crippen LogP contribution is 2.20. The molecule has 3 rings (SSSR count). The second-order valence-corrected chi connectivity index (χ2v) is 5.94. The minimum Gasteiger partial charge on any atom is -0.423 e. The quantitative estimate of drug-likeness (QED) is 0.227. The van der Waals surface area contributed by atoms with Gasteiger partial charge in [-0.25, -0.2) is 4.79 Å². The van der Waals surface area contributed by atoms with Gasteiger partial charge in [0.2, 0.25) is 5.78 Å². The van der Waals surface area contributed by atoms with Gasteiger partial charge in [0.25, 0.3) is 0 Å². The molecule has 140 valence electrons. The van der Waals surface area contributed by atoms with Crippen LogP contribution in [0.5, 0.6) is 5.75 Å². The zero-order valence-corrected chi connectivity index (χ0v) is 14.9. The van der Waals surface area contributed by atoms with Crippen molar-refractivity contribution in [3.05, 3.63) is 102 Å². The Morgan fingerprint density at radius 3 is 2.11 bits per heavy atom. The van der Waals surface area contributed by atoms with Crippen LogP contribution < -0.4 is 10.6 Å². The third-order valence-electron chi connectivity index (χ3n) is 4.05. The summed E-state index contributed by atoms with van der Waals surface area (Å²) < 4.78 is 5.35. The van der Waals surface area contributed by atoms with Crippen LogP contribution in [0.2, 0.25) is 0 Å². The summed E-state index contributed by atoms with van der Waals surface area (Å²) in [6.45, 7) is 0. The standard InChI is InChI=1S/C22H18N2O4/c23-24-19(21(26)20(25)15-8-3-1-4-9-15)17-12-7-13-18(14-17)28-22(27)16-10-5-2-6-11-16/h1-14,20,25H,23H2/b24-19+. The minimum absolute atomic E-state index is 0.117. The van der Waals surface area contributed by atoms with Gasteiger partial charge in [-0.15, -0.1) is 0 Å². The molecule has 3 aromatic carbocycles. The fourth-order valence-electron chi connectivity index (χ4n) is 2.64. The van der Waals surface area contributed by atoms with E-state index in [0.29, 0.717) is 16.7 Å². The number of aliphatic hydroxyl groups is 1. The van der Waals surface area contributed by atoms with Crippen molar-refractivity contribution in [2.24, 2.45) is 10.9 Å². The van der Waals surface area contributed by atoms with Gasteiger partial charge in [-0.3, -0.25) is 4.79 Å². The number of ketones is 1. The van der Waals surface area contributed by atoms with Crippen LogP contribution in [0, 0.1) is 0 Å². The average molecular weight is 374 g/mol. The van der Waals surface area contributed by atoms with Gasteiger partial charge < -0.3 is 15.7 Å². The molecule has 6 nitrogen and oxygen atoms in total. The van der Waals surface area contributed by atoms with Crippen molar-refractivity contribution >= 4 is 17.5 Å². The number of aliphatic hydroxyl groups excluding tert-OH is 1. The molecule has 0 bridgehead atoms. The Morgan fingerprint density at radius 2 is 1.46 bits per heavy atom. The second kappa shape index (κ2) is 8.75. The molecule has 3 N–H and O–H groups in total. The van der Waals surface area contributed by atoms with E-state index in [1.54, 1.807) is 78.9 Å². The Balaban J connectivity index is 1.81. The van der Waals surface area contributed by atoms with Crippen LogP contribution in [0.1, 0.15) is 27.6 Å². The van der Waals surface area contributed by atoms with Gasteiger partial charge >= 0.3 is 5.97 Å². The van der Waals surface area contributed by atoms with Gasteiger partial charge in [0.15, 0.2) is 0 Å². The number of ether oxygens (including phenoxy) is 1. The van der Waals surface area contributed by atoms with Crippen LogP contribution in [0.15, 0.2) is 90.0 Å². The van der Waals surface area contributed by atoms with Gasteiger partial charge in [-0.2, -0.15) is 5.10 Å². The number of hydrazone groups is 1. The van der Waals surface area contributed by atoms with E-state index in [2.05, 4.69) is 5.10 Å². The first-order chi connectivity index (χ1) is 13.6. The Labute approximate surface area is 161 Å². The van der Waals surface area contributed by atoms with Crippen molar-refractivity contribution in [1.29, 1.82) is 0 Å². The molecule has 0 heterocycles. The average Bonchev–Trinajstić information content (AvgIpc) is 2.75. The molecule has 1 unspecified atom stereocenters. The normalized spacial score (nSPS) is 12.2. The molecule has 0 aliphatic rings. The highest BCUT2D eigenvalue weighted by molar-refractivity contribution is 6.47. The van der Waals surface area contributed by atoms with E-state index in [4.69, 9.17) is 10.6 Å². The van der Waals surface area contributed by atoms with E-state index < -0.39 is 17.9 Å². The topological polar surface area (TPSA) is 102 Å². The molecule has 0 aliphatic heterocycles. The lowest BCUT2D eigenvalue weighted by atomic mass is 9.98. The zero-order valence-electron chi connectivity index (χ0n) is 14.9. The fraction of sp³-hybridized carbons (Fsp3) is 0.0455. The van der Waals surface area contributed by atoms with Gasteiger partial charge in [-0.05, 0) is 29.8 Å². The van der Waals surface area contributed by atoms with Crippen LogP contribution >= 0.6 is 0 Å². The molecular weight excluding hydrogens is 356 g/mol. The number of nitrogens with zero attached hydrogens (tertiary/aromatic N) is 1. The highest BCUT2D eigenvalue weighted by atomic mass is 16.5. The lowest BCUT2D eigenvalue weighted by molar-refractivity contribution is -0.120. The van der Waals surface area contributed by atoms with E-state index >= 15 is 0 Å². The largest absolute Gasteiger partial charge is 0.423 e. The first-order valence-electron chi connectivity index (χ1n) is 8.53. The SMILES string of the molecule is N/N=C(/C(=O)C(O)c1ccccc1)c1cccc(OC(=O)c2ccccc2)c1. The van der Waals surface area contributed by atoms with E-state index in [1.807, 2.05) is 0 Å². The molecule has 0 aromatic heterocycles. The van der Waals surface area contributed by atoms with E-state index in [-0.39, 0.29) is 11.5 Å². The number of benzene rings is 3. The van der Waals surface area contributed by atoms with Crippen molar-refractivity contribution < 1.29 is 19.4 Å². The molecule has 0 saturated carbocycles. The predicted molar refractivity (Wildman–Crippen MR) is 105 cm³/mol. The van der Waals surface area contributed by atoms with Gasteiger partial charge in [0.05, 0.1) is 5.56 Å². The van der Waals surface area contributed by atoms with Crippen molar-refractivity contribution in [3.8, 4) is 5.75 Å². The maximum atomic E-state index is 12.7. The Kier molecular flexibility index (Phi) is 5.94. The number of carbonyl (C=O) groups excluding carboxylic acids is 2. The monoisotopic (exact) mass is 374 g/mol. The van der Waals surface area contributed by atoms with Crippen LogP contribution in [0.4, 0.5) is 0 Å². The molecule has 28 heavy (non-hydrogen) atoms. The molecule has 1 atom stereocenters. The summed E-state index contributed by atoms with van der Waals surface area (Å²) in [5.74, 6) is 4.46. The molecular formula is C22H18N2O4. The van der Waals surface area contributed by atoms with E-state index in [1.165, 1.54) is 6.07 Å². The molecule has 0 radical (unpaired) electrons. The first kappa shape index (κ1) is 19.0. The summed E-state index contributed by atoms with van der Waals surface area (Å²) in [4.78, 5) is 24.9. The summed E-state index contributed by atoms with van der Waals surface area (Å²) in [6.07, 6.45) is -1.40. The summed E-state index contributed by atoms with van der Waals surface area (Å²) >= 11 is 0. The minimum atomic E-state index is -1.40. The number of rotatable bonds is 6. The van der Waals surface area contributed by atoms with Crippen LogP contribution in [-0.2, 0) is 4.79 Å².